The molecule has 10 nitrogen and oxygen atoms in total. The van der Waals surface area contributed by atoms with E-state index in [2.05, 4.69) is 15.4 Å². The number of anilines is 1. The molecule has 3 aromatic rings. The van der Waals surface area contributed by atoms with Gasteiger partial charge in [0.2, 0.25) is 5.75 Å². The third kappa shape index (κ3) is 4.02. The van der Waals surface area contributed by atoms with Gasteiger partial charge in [0.15, 0.2) is 11.5 Å². The minimum Gasteiger partial charge on any atom is -0.493 e. The molecule has 0 unspecified atom stereocenters. The summed E-state index contributed by atoms with van der Waals surface area (Å²) >= 11 is 0. The van der Waals surface area contributed by atoms with Gasteiger partial charge in [-0.05, 0) is 30.3 Å². The highest BCUT2D eigenvalue weighted by molar-refractivity contribution is 6.06. The molecule has 156 valence electrons. The van der Waals surface area contributed by atoms with Crippen LogP contribution < -0.4 is 19.5 Å². The van der Waals surface area contributed by atoms with Crippen molar-refractivity contribution in [2.75, 3.05) is 33.8 Å². The van der Waals surface area contributed by atoms with E-state index in [1.54, 1.807) is 12.1 Å². The summed E-state index contributed by atoms with van der Waals surface area (Å²) < 4.78 is 22.1. The fourth-order valence-corrected chi connectivity index (χ4v) is 2.82. The number of hydrogen-bond donors (Lipinski definition) is 1. The molecule has 0 saturated heterocycles. The molecule has 2 aromatic carbocycles. The Morgan fingerprint density at radius 1 is 0.933 bits per heavy atom. The number of carbonyl (C=O) groups is 2. The number of rotatable bonds is 7. The van der Waals surface area contributed by atoms with Crippen LogP contribution in [-0.2, 0) is 4.74 Å². The van der Waals surface area contributed by atoms with Gasteiger partial charge in [-0.25, -0.2) is 14.5 Å². The summed E-state index contributed by atoms with van der Waals surface area (Å²) in [6.45, 7) is 0. The van der Waals surface area contributed by atoms with Gasteiger partial charge in [0.25, 0.3) is 5.91 Å². The van der Waals surface area contributed by atoms with Crippen LogP contribution in [0.2, 0.25) is 0 Å². The largest absolute Gasteiger partial charge is 0.493 e. The molecule has 1 N–H and O–H groups in total. The Bertz CT molecular complexity index is 1040. The number of nitrogens with zero attached hydrogens (tertiary/aromatic N) is 3. The van der Waals surface area contributed by atoms with E-state index < -0.39 is 11.9 Å². The Balaban J connectivity index is 2.03. The molecule has 0 bridgehead atoms. The zero-order valence-electron chi connectivity index (χ0n) is 16.8. The number of carbonyl (C=O) groups excluding carboxylic acids is 2. The van der Waals surface area contributed by atoms with Crippen molar-refractivity contribution in [1.29, 1.82) is 0 Å². The van der Waals surface area contributed by atoms with Gasteiger partial charge in [0.1, 0.15) is 12.7 Å². The van der Waals surface area contributed by atoms with Gasteiger partial charge in [-0.1, -0.05) is 0 Å². The third-order valence-corrected chi connectivity index (χ3v) is 4.26. The van der Waals surface area contributed by atoms with Crippen LogP contribution >= 0.6 is 0 Å². The smallest absolute Gasteiger partial charge is 0.337 e. The fourth-order valence-electron chi connectivity index (χ4n) is 2.82. The van der Waals surface area contributed by atoms with E-state index in [0.717, 1.165) is 0 Å². The van der Waals surface area contributed by atoms with Gasteiger partial charge >= 0.3 is 5.97 Å². The van der Waals surface area contributed by atoms with Crippen LogP contribution in [0, 0.1) is 0 Å². The second-order valence-corrected chi connectivity index (χ2v) is 5.93. The van der Waals surface area contributed by atoms with Gasteiger partial charge in [0, 0.05) is 5.56 Å². The van der Waals surface area contributed by atoms with Crippen molar-refractivity contribution >= 4 is 17.6 Å². The molecule has 3 rings (SSSR count). The second-order valence-electron chi connectivity index (χ2n) is 5.93. The van der Waals surface area contributed by atoms with Gasteiger partial charge in [0.05, 0.1) is 45.4 Å². The molecular formula is C20H20N4O6. The van der Waals surface area contributed by atoms with E-state index in [1.807, 2.05) is 0 Å². The molecule has 30 heavy (non-hydrogen) atoms. The first-order chi connectivity index (χ1) is 14.5. The number of ether oxygens (including phenoxy) is 4. The molecule has 1 amide bonds. The van der Waals surface area contributed by atoms with Crippen molar-refractivity contribution < 1.29 is 28.5 Å². The van der Waals surface area contributed by atoms with Crippen LogP contribution in [0.4, 0.5) is 5.69 Å². The normalized spacial score (nSPS) is 10.3. The van der Waals surface area contributed by atoms with Gasteiger partial charge in [-0.2, -0.15) is 5.10 Å². The summed E-state index contributed by atoms with van der Waals surface area (Å²) in [7, 11) is 5.67. The van der Waals surface area contributed by atoms with Crippen molar-refractivity contribution in [2.24, 2.45) is 0 Å². The molecular weight excluding hydrogens is 392 g/mol. The molecule has 0 fully saturated rings. The minimum atomic E-state index is -0.538. The summed E-state index contributed by atoms with van der Waals surface area (Å²) in [4.78, 5) is 28.9. The van der Waals surface area contributed by atoms with Crippen LogP contribution in [0.3, 0.4) is 0 Å². The summed E-state index contributed by atoms with van der Waals surface area (Å²) in [6.07, 6.45) is 2.83. The number of methoxy groups -OCH3 is 4. The average Bonchev–Trinajstić information content (AvgIpc) is 3.31. The van der Waals surface area contributed by atoms with Crippen molar-refractivity contribution in [1.82, 2.24) is 14.8 Å². The predicted octanol–water partition coefficient (Wildman–Crippen LogP) is 2.33. The molecule has 0 aliphatic rings. The number of benzene rings is 2. The van der Waals surface area contributed by atoms with E-state index in [1.165, 1.54) is 64.0 Å². The van der Waals surface area contributed by atoms with Crippen LogP contribution in [0.15, 0.2) is 43.0 Å². The molecule has 1 heterocycles. The summed E-state index contributed by atoms with van der Waals surface area (Å²) in [5.74, 6) is 0.0391. The zero-order chi connectivity index (χ0) is 21.7. The highest BCUT2D eigenvalue weighted by Gasteiger charge is 2.19. The van der Waals surface area contributed by atoms with Crippen molar-refractivity contribution in [3.8, 4) is 22.9 Å². The van der Waals surface area contributed by atoms with Crippen LogP contribution in [0.25, 0.3) is 5.69 Å². The van der Waals surface area contributed by atoms with Crippen molar-refractivity contribution in [3.05, 3.63) is 54.1 Å². The molecule has 0 atom stereocenters. The van der Waals surface area contributed by atoms with Gasteiger partial charge in [-0.3, -0.25) is 4.79 Å². The molecule has 0 aliphatic heterocycles. The first-order valence-electron chi connectivity index (χ1n) is 8.71. The Hall–Kier alpha value is -4.08. The lowest BCUT2D eigenvalue weighted by molar-refractivity contribution is 0.0600. The summed E-state index contributed by atoms with van der Waals surface area (Å²) in [6, 6.07) is 7.74. The number of aromatic nitrogens is 3. The number of nitrogens with one attached hydrogen (secondary N) is 1. The standard InChI is InChI=1S/C20H20N4O6/c1-27-16-8-13(9-17(28-2)18(16)29-3)19(25)23-14-7-12(20(26)30-4)5-6-15(14)24-11-21-10-22-24/h5-11H,1-4H3,(H,23,25). The maximum Gasteiger partial charge on any atom is 0.337 e. The molecule has 0 spiro atoms. The lowest BCUT2D eigenvalue weighted by Crippen LogP contribution is -2.15. The quantitative estimate of drug-likeness (QED) is 0.588. The molecule has 10 heteroatoms. The average molecular weight is 412 g/mol. The molecule has 0 saturated carbocycles. The zero-order valence-corrected chi connectivity index (χ0v) is 16.8. The first kappa shape index (κ1) is 20.6. The van der Waals surface area contributed by atoms with Crippen LogP contribution in [-0.4, -0.2) is 55.1 Å². The van der Waals surface area contributed by atoms with Crippen LogP contribution in [0.1, 0.15) is 20.7 Å². The highest BCUT2D eigenvalue weighted by Crippen LogP contribution is 2.38. The number of esters is 1. The number of hydrogen-bond acceptors (Lipinski definition) is 8. The van der Waals surface area contributed by atoms with Gasteiger partial charge < -0.3 is 24.3 Å². The fraction of sp³-hybridized carbons (Fsp3) is 0.200. The SMILES string of the molecule is COC(=O)c1ccc(-n2cncn2)c(NC(=O)c2cc(OC)c(OC)c(OC)c2)c1. The Labute approximate surface area is 172 Å². The summed E-state index contributed by atoms with van der Waals surface area (Å²) in [5, 5.41) is 6.87. The Morgan fingerprint density at radius 2 is 1.63 bits per heavy atom. The van der Waals surface area contributed by atoms with E-state index in [-0.39, 0.29) is 11.1 Å². The first-order valence-corrected chi connectivity index (χ1v) is 8.71. The lowest BCUT2D eigenvalue weighted by Gasteiger charge is -2.15. The van der Waals surface area contributed by atoms with Crippen molar-refractivity contribution in [2.45, 2.75) is 0 Å². The maximum atomic E-state index is 13.0. The van der Waals surface area contributed by atoms with Gasteiger partial charge in [-0.15, -0.1) is 0 Å². The minimum absolute atomic E-state index is 0.262. The van der Waals surface area contributed by atoms with E-state index >= 15 is 0 Å². The highest BCUT2D eigenvalue weighted by atomic mass is 16.5. The monoisotopic (exact) mass is 412 g/mol. The topological polar surface area (TPSA) is 114 Å². The van der Waals surface area contributed by atoms with E-state index in [0.29, 0.717) is 28.6 Å². The molecule has 0 radical (unpaired) electrons. The van der Waals surface area contributed by atoms with E-state index in [9.17, 15) is 9.59 Å². The Morgan fingerprint density at radius 3 is 2.17 bits per heavy atom. The number of amides is 1. The van der Waals surface area contributed by atoms with E-state index in [4.69, 9.17) is 18.9 Å². The third-order valence-electron chi connectivity index (χ3n) is 4.26. The molecule has 0 aliphatic carbocycles. The van der Waals surface area contributed by atoms with Crippen LogP contribution in [0.5, 0.6) is 17.2 Å². The predicted molar refractivity (Wildman–Crippen MR) is 107 cm³/mol. The molecule has 1 aromatic heterocycles. The second kappa shape index (κ2) is 8.95. The summed E-state index contributed by atoms with van der Waals surface area (Å²) in [5.41, 5.74) is 1.38. The van der Waals surface area contributed by atoms with Crippen molar-refractivity contribution in [3.63, 3.8) is 0 Å². The maximum absolute atomic E-state index is 13.0. The Kier molecular flexibility index (Phi) is 6.16. The lowest BCUT2D eigenvalue weighted by atomic mass is 10.1.